The Kier molecular flexibility index (Phi) is 3.89. The Morgan fingerprint density at radius 1 is 1.20 bits per heavy atom. The summed E-state index contributed by atoms with van der Waals surface area (Å²) in [6.45, 7) is 3.83. The van der Waals surface area contributed by atoms with E-state index in [1.165, 1.54) is 18.1 Å². The Labute approximate surface area is 148 Å². The van der Waals surface area contributed by atoms with Crippen molar-refractivity contribution in [2.75, 3.05) is 0 Å². The van der Waals surface area contributed by atoms with Crippen LogP contribution in [0.1, 0.15) is 73.4 Å². The number of benzene rings is 1. The van der Waals surface area contributed by atoms with E-state index in [1.54, 1.807) is 6.07 Å². The summed E-state index contributed by atoms with van der Waals surface area (Å²) in [5.74, 6) is 0.747. The Hall–Kier alpha value is -1.84. The Morgan fingerprint density at radius 2 is 2.00 bits per heavy atom. The highest BCUT2D eigenvalue weighted by atomic mass is 16.5. The monoisotopic (exact) mass is 342 g/mol. The topological polar surface area (TPSA) is 63.6 Å². The fourth-order valence-electron chi connectivity index (χ4n) is 6.06. The molecular formula is C21H26O4. The summed E-state index contributed by atoms with van der Waals surface area (Å²) in [6.07, 6.45) is 6.45. The first-order valence-corrected chi connectivity index (χ1v) is 9.43. The summed E-state index contributed by atoms with van der Waals surface area (Å²) in [5.41, 5.74) is 3.08. The van der Waals surface area contributed by atoms with Crippen molar-refractivity contribution in [2.24, 2.45) is 17.3 Å². The van der Waals surface area contributed by atoms with E-state index in [0.29, 0.717) is 23.3 Å². The van der Waals surface area contributed by atoms with E-state index in [0.717, 1.165) is 38.5 Å². The molecular weight excluding hydrogens is 316 g/mol. The number of hydrogen-bond acceptors (Lipinski definition) is 3. The minimum Gasteiger partial charge on any atom is -0.478 e. The van der Waals surface area contributed by atoms with Gasteiger partial charge in [0.1, 0.15) is 6.10 Å². The molecule has 0 amide bonds. The number of rotatable bonds is 2. The highest BCUT2D eigenvalue weighted by molar-refractivity contribution is 5.88. The first kappa shape index (κ1) is 16.6. The van der Waals surface area contributed by atoms with Gasteiger partial charge in [0, 0.05) is 12.3 Å². The van der Waals surface area contributed by atoms with Gasteiger partial charge in [-0.3, -0.25) is 4.79 Å². The van der Waals surface area contributed by atoms with Gasteiger partial charge in [-0.15, -0.1) is 0 Å². The largest absolute Gasteiger partial charge is 0.478 e. The van der Waals surface area contributed by atoms with Gasteiger partial charge in [0.05, 0.1) is 5.56 Å². The van der Waals surface area contributed by atoms with Gasteiger partial charge in [0.15, 0.2) is 0 Å². The standard InChI is InChI=1S/C21H26O4/c1-12(22)25-19-8-7-18-17-6-3-13-11-14(20(23)24)4-5-15(13)16(17)9-10-21(18,19)2/h4-5,11,16-19H,3,6-10H2,1-2H3,(H,23,24)/t16-,17+,18+,19+,21-/m0/s1. The number of aryl methyl sites for hydroxylation is 1. The number of aromatic carboxylic acids is 1. The molecule has 0 bridgehead atoms. The molecule has 0 saturated heterocycles. The maximum absolute atomic E-state index is 11.5. The average Bonchev–Trinajstić information content (AvgIpc) is 2.90. The average molecular weight is 342 g/mol. The molecule has 2 fully saturated rings. The van der Waals surface area contributed by atoms with Crippen LogP contribution in [0.15, 0.2) is 18.2 Å². The molecule has 0 heterocycles. The third-order valence-corrected chi connectivity index (χ3v) is 7.19. The van der Waals surface area contributed by atoms with Gasteiger partial charge in [-0.1, -0.05) is 13.0 Å². The van der Waals surface area contributed by atoms with Crippen LogP contribution >= 0.6 is 0 Å². The van der Waals surface area contributed by atoms with Crippen molar-refractivity contribution in [3.8, 4) is 0 Å². The van der Waals surface area contributed by atoms with E-state index in [2.05, 4.69) is 13.0 Å². The van der Waals surface area contributed by atoms with Crippen LogP contribution in [0.25, 0.3) is 0 Å². The lowest BCUT2D eigenvalue weighted by molar-refractivity contribution is -0.154. The van der Waals surface area contributed by atoms with Crippen molar-refractivity contribution in [3.63, 3.8) is 0 Å². The number of carbonyl (C=O) groups is 2. The van der Waals surface area contributed by atoms with Crippen LogP contribution in [0.3, 0.4) is 0 Å². The van der Waals surface area contributed by atoms with E-state index >= 15 is 0 Å². The fraction of sp³-hybridized carbons (Fsp3) is 0.619. The number of hydrogen-bond donors (Lipinski definition) is 1. The summed E-state index contributed by atoms with van der Waals surface area (Å²) in [4.78, 5) is 22.7. The molecule has 4 rings (SSSR count). The van der Waals surface area contributed by atoms with Crippen molar-refractivity contribution in [1.82, 2.24) is 0 Å². The van der Waals surface area contributed by atoms with Crippen LogP contribution in [-0.4, -0.2) is 23.1 Å². The normalized spacial score (nSPS) is 36.1. The van der Waals surface area contributed by atoms with Crippen molar-refractivity contribution >= 4 is 11.9 Å². The second kappa shape index (κ2) is 5.86. The van der Waals surface area contributed by atoms with Crippen molar-refractivity contribution in [3.05, 3.63) is 34.9 Å². The molecule has 134 valence electrons. The van der Waals surface area contributed by atoms with Crippen LogP contribution < -0.4 is 0 Å². The molecule has 4 nitrogen and oxygen atoms in total. The number of carboxylic acid groups (broad SMARTS) is 1. The molecule has 0 aromatic heterocycles. The molecule has 2 saturated carbocycles. The number of carboxylic acids is 1. The van der Waals surface area contributed by atoms with Gasteiger partial charge < -0.3 is 9.84 Å². The van der Waals surface area contributed by atoms with Gasteiger partial charge in [0.2, 0.25) is 0 Å². The Balaban J connectivity index is 1.62. The molecule has 0 radical (unpaired) electrons. The molecule has 0 unspecified atom stereocenters. The lowest BCUT2D eigenvalue weighted by atomic mass is 9.55. The smallest absolute Gasteiger partial charge is 0.335 e. The fourth-order valence-corrected chi connectivity index (χ4v) is 6.06. The number of ether oxygens (including phenoxy) is 1. The molecule has 0 aliphatic heterocycles. The second-order valence-corrected chi connectivity index (χ2v) is 8.35. The van der Waals surface area contributed by atoms with Crippen LogP contribution in [0.5, 0.6) is 0 Å². The maximum atomic E-state index is 11.5. The SMILES string of the molecule is CC(=O)O[C@@H]1CC[C@@H]2[C@@H]3CCc4cc(C(=O)O)ccc4[C@@H]3CC[C@@]21C. The van der Waals surface area contributed by atoms with Gasteiger partial charge in [-0.25, -0.2) is 4.79 Å². The van der Waals surface area contributed by atoms with E-state index in [1.807, 2.05) is 6.07 Å². The molecule has 5 atom stereocenters. The van der Waals surface area contributed by atoms with Crippen LogP contribution in [0.2, 0.25) is 0 Å². The molecule has 1 aromatic carbocycles. The summed E-state index contributed by atoms with van der Waals surface area (Å²) < 4.78 is 5.67. The molecule has 3 aliphatic rings. The highest BCUT2D eigenvalue weighted by Crippen LogP contribution is 2.61. The predicted octanol–water partition coefficient (Wildman–Crippen LogP) is 4.17. The van der Waals surface area contributed by atoms with Gasteiger partial charge in [-0.05, 0) is 79.5 Å². The summed E-state index contributed by atoms with van der Waals surface area (Å²) in [7, 11) is 0. The van der Waals surface area contributed by atoms with E-state index < -0.39 is 5.97 Å². The molecule has 1 aromatic rings. The molecule has 25 heavy (non-hydrogen) atoms. The molecule has 1 N–H and O–H groups in total. The Morgan fingerprint density at radius 3 is 2.72 bits per heavy atom. The number of esters is 1. The van der Waals surface area contributed by atoms with E-state index in [4.69, 9.17) is 4.74 Å². The third-order valence-electron chi connectivity index (χ3n) is 7.19. The van der Waals surface area contributed by atoms with Crippen molar-refractivity contribution in [2.45, 2.75) is 64.4 Å². The van der Waals surface area contributed by atoms with Crippen LogP contribution in [0.4, 0.5) is 0 Å². The Bertz CT molecular complexity index is 725. The van der Waals surface area contributed by atoms with Crippen LogP contribution in [-0.2, 0) is 16.0 Å². The molecule has 0 spiro atoms. The van der Waals surface area contributed by atoms with Gasteiger partial charge in [0.25, 0.3) is 0 Å². The zero-order valence-electron chi connectivity index (χ0n) is 15.0. The summed E-state index contributed by atoms with van der Waals surface area (Å²) >= 11 is 0. The van der Waals surface area contributed by atoms with E-state index in [-0.39, 0.29) is 17.5 Å². The molecule has 3 aliphatic carbocycles. The van der Waals surface area contributed by atoms with Crippen LogP contribution in [0, 0.1) is 17.3 Å². The lowest BCUT2D eigenvalue weighted by Crippen LogP contribution is -2.45. The maximum Gasteiger partial charge on any atom is 0.335 e. The summed E-state index contributed by atoms with van der Waals surface area (Å²) in [5, 5.41) is 9.24. The third kappa shape index (κ3) is 2.57. The number of carbonyl (C=O) groups excluding carboxylic acids is 1. The zero-order valence-corrected chi connectivity index (χ0v) is 15.0. The van der Waals surface area contributed by atoms with Crippen molar-refractivity contribution in [1.29, 1.82) is 0 Å². The first-order valence-electron chi connectivity index (χ1n) is 9.43. The number of fused-ring (bicyclic) bond motifs is 5. The van der Waals surface area contributed by atoms with E-state index in [9.17, 15) is 14.7 Å². The predicted molar refractivity (Wildman–Crippen MR) is 93.6 cm³/mol. The molecule has 4 heteroatoms. The van der Waals surface area contributed by atoms with Crippen molar-refractivity contribution < 1.29 is 19.4 Å². The first-order chi connectivity index (χ1) is 11.9. The summed E-state index contributed by atoms with van der Waals surface area (Å²) in [6, 6.07) is 5.68. The second-order valence-electron chi connectivity index (χ2n) is 8.35. The lowest BCUT2D eigenvalue weighted by Gasteiger charge is -2.50. The van der Waals surface area contributed by atoms with Gasteiger partial charge in [-0.2, -0.15) is 0 Å². The minimum absolute atomic E-state index is 0.0618. The van der Waals surface area contributed by atoms with Gasteiger partial charge >= 0.3 is 11.9 Å². The highest BCUT2D eigenvalue weighted by Gasteiger charge is 2.56. The quantitative estimate of drug-likeness (QED) is 0.819. The minimum atomic E-state index is -0.846. The zero-order chi connectivity index (χ0) is 17.8.